The van der Waals surface area contributed by atoms with Gasteiger partial charge < -0.3 is 9.64 Å². The molecule has 4 nitrogen and oxygen atoms in total. The Hall–Kier alpha value is -1.24. The Kier molecular flexibility index (Phi) is 3.56. The van der Waals surface area contributed by atoms with E-state index in [-0.39, 0.29) is 17.4 Å². The van der Waals surface area contributed by atoms with E-state index >= 15 is 0 Å². The van der Waals surface area contributed by atoms with Crippen LogP contribution in [-0.4, -0.2) is 30.7 Å². The standard InChI is InChI=1S/C13H20N2O2/c1-2-3-8-17-12(16)15-6-4-13(5-7-15)9-11(13)10-14/h11H,2-9H2,1H3. The highest BCUT2D eigenvalue weighted by Gasteiger charge is 2.55. The van der Waals surface area contributed by atoms with Gasteiger partial charge in [0.05, 0.1) is 18.6 Å². The van der Waals surface area contributed by atoms with Gasteiger partial charge in [0, 0.05) is 13.1 Å². The van der Waals surface area contributed by atoms with E-state index in [1.807, 2.05) is 0 Å². The number of hydrogen-bond acceptors (Lipinski definition) is 3. The monoisotopic (exact) mass is 236 g/mol. The Labute approximate surface area is 103 Å². The molecular formula is C13H20N2O2. The van der Waals surface area contributed by atoms with Crippen molar-refractivity contribution in [3.63, 3.8) is 0 Å². The average molecular weight is 236 g/mol. The topological polar surface area (TPSA) is 53.3 Å². The lowest BCUT2D eigenvalue weighted by Crippen LogP contribution is -2.40. The molecule has 0 bridgehead atoms. The smallest absolute Gasteiger partial charge is 0.409 e. The first-order valence-corrected chi connectivity index (χ1v) is 6.53. The maximum absolute atomic E-state index is 11.7. The van der Waals surface area contributed by atoms with Crippen molar-refractivity contribution >= 4 is 6.09 Å². The summed E-state index contributed by atoms with van der Waals surface area (Å²) in [7, 11) is 0. The van der Waals surface area contributed by atoms with Crippen LogP contribution in [0.25, 0.3) is 0 Å². The van der Waals surface area contributed by atoms with Gasteiger partial charge in [-0.1, -0.05) is 13.3 Å². The van der Waals surface area contributed by atoms with Gasteiger partial charge in [-0.05, 0) is 31.1 Å². The minimum atomic E-state index is -0.178. The maximum Gasteiger partial charge on any atom is 0.409 e. The molecule has 1 saturated carbocycles. The molecule has 2 aliphatic rings. The summed E-state index contributed by atoms with van der Waals surface area (Å²) in [5.74, 6) is 0.237. The van der Waals surface area contributed by atoms with Gasteiger partial charge in [-0.3, -0.25) is 0 Å². The molecule has 1 amide bonds. The molecular weight excluding hydrogens is 216 g/mol. The average Bonchev–Trinajstić information content (AvgIpc) is 3.03. The van der Waals surface area contributed by atoms with Crippen LogP contribution in [0.5, 0.6) is 0 Å². The molecule has 0 aromatic heterocycles. The van der Waals surface area contributed by atoms with Gasteiger partial charge in [-0.2, -0.15) is 5.26 Å². The quantitative estimate of drug-likeness (QED) is 0.707. The van der Waals surface area contributed by atoms with Crippen molar-refractivity contribution in [3.05, 3.63) is 0 Å². The van der Waals surface area contributed by atoms with E-state index in [9.17, 15) is 4.79 Å². The number of ether oxygens (including phenoxy) is 1. The van der Waals surface area contributed by atoms with Crippen LogP contribution in [0, 0.1) is 22.7 Å². The Morgan fingerprint density at radius 3 is 2.76 bits per heavy atom. The highest BCUT2D eigenvalue weighted by atomic mass is 16.6. The molecule has 1 heterocycles. The minimum Gasteiger partial charge on any atom is -0.449 e. The molecule has 1 spiro atoms. The van der Waals surface area contributed by atoms with E-state index < -0.39 is 0 Å². The molecule has 1 aliphatic carbocycles. The Balaban J connectivity index is 1.72. The van der Waals surface area contributed by atoms with Crippen LogP contribution in [0.1, 0.15) is 39.0 Å². The van der Waals surface area contributed by atoms with Gasteiger partial charge in [0.2, 0.25) is 0 Å². The van der Waals surface area contributed by atoms with E-state index in [0.717, 1.165) is 45.2 Å². The van der Waals surface area contributed by atoms with E-state index in [1.54, 1.807) is 4.90 Å². The Morgan fingerprint density at radius 2 is 2.24 bits per heavy atom. The van der Waals surface area contributed by atoms with Crippen LogP contribution in [0.15, 0.2) is 0 Å². The summed E-state index contributed by atoms with van der Waals surface area (Å²) in [4.78, 5) is 13.5. The number of unbranched alkanes of at least 4 members (excludes halogenated alkanes) is 1. The molecule has 1 saturated heterocycles. The summed E-state index contributed by atoms with van der Waals surface area (Å²) in [5, 5.41) is 8.89. The van der Waals surface area contributed by atoms with Gasteiger partial charge in [0.15, 0.2) is 0 Å². The Morgan fingerprint density at radius 1 is 1.53 bits per heavy atom. The van der Waals surface area contributed by atoms with Crippen LogP contribution >= 0.6 is 0 Å². The second kappa shape index (κ2) is 4.95. The van der Waals surface area contributed by atoms with Crippen molar-refractivity contribution in [1.82, 2.24) is 4.90 Å². The van der Waals surface area contributed by atoms with Crippen LogP contribution in [0.2, 0.25) is 0 Å². The zero-order chi connectivity index (χ0) is 12.3. The van der Waals surface area contributed by atoms with Crippen LogP contribution in [-0.2, 0) is 4.74 Å². The van der Waals surface area contributed by atoms with Crippen molar-refractivity contribution in [2.75, 3.05) is 19.7 Å². The van der Waals surface area contributed by atoms with Gasteiger partial charge in [0.25, 0.3) is 0 Å². The predicted octanol–water partition coefficient (Wildman–Crippen LogP) is 2.55. The molecule has 1 atom stereocenters. The normalized spacial score (nSPS) is 25.4. The van der Waals surface area contributed by atoms with Crippen molar-refractivity contribution < 1.29 is 9.53 Å². The number of nitrogens with zero attached hydrogens (tertiary/aromatic N) is 2. The fraction of sp³-hybridized carbons (Fsp3) is 0.846. The number of carbonyl (C=O) groups is 1. The third kappa shape index (κ3) is 2.54. The summed E-state index contributed by atoms with van der Waals surface area (Å²) in [6.45, 7) is 4.11. The summed E-state index contributed by atoms with van der Waals surface area (Å²) in [5.41, 5.74) is 0.245. The van der Waals surface area contributed by atoms with Gasteiger partial charge in [0.1, 0.15) is 0 Å². The molecule has 4 heteroatoms. The number of carbonyl (C=O) groups excluding carboxylic acids is 1. The summed E-state index contributed by atoms with van der Waals surface area (Å²) >= 11 is 0. The number of amides is 1. The van der Waals surface area contributed by atoms with Crippen molar-refractivity contribution in [2.24, 2.45) is 11.3 Å². The molecule has 0 aromatic rings. The van der Waals surface area contributed by atoms with Crippen LogP contribution in [0.4, 0.5) is 4.79 Å². The summed E-state index contributed by atoms with van der Waals surface area (Å²) in [6.07, 6.45) is 4.76. The van der Waals surface area contributed by atoms with Crippen LogP contribution < -0.4 is 0 Å². The maximum atomic E-state index is 11.7. The first-order valence-electron chi connectivity index (χ1n) is 6.53. The number of rotatable bonds is 3. The van der Waals surface area contributed by atoms with Gasteiger partial charge >= 0.3 is 6.09 Å². The molecule has 1 aliphatic heterocycles. The van der Waals surface area contributed by atoms with E-state index in [4.69, 9.17) is 10.00 Å². The summed E-state index contributed by atoms with van der Waals surface area (Å²) < 4.78 is 5.19. The third-order valence-corrected chi connectivity index (χ3v) is 4.09. The zero-order valence-corrected chi connectivity index (χ0v) is 10.4. The number of piperidine rings is 1. The Bertz CT molecular complexity index is 327. The number of likely N-dealkylation sites (tertiary alicyclic amines) is 1. The molecule has 94 valence electrons. The fourth-order valence-corrected chi connectivity index (χ4v) is 2.61. The highest BCUT2D eigenvalue weighted by molar-refractivity contribution is 5.67. The molecule has 17 heavy (non-hydrogen) atoms. The number of hydrogen-bond donors (Lipinski definition) is 0. The lowest BCUT2D eigenvalue weighted by molar-refractivity contribution is 0.0831. The van der Waals surface area contributed by atoms with Gasteiger partial charge in [-0.25, -0.2) is 4.79 Å². The molecule has 2 fully saturated rings. The first-order chi connectivity index (χ1) is 8.22. The van der Waals surface area contributed by atoms with E-state index in [0.29, 0.717) is 6.61 Å². The first kappa shape index (κ1) is 12.2. The second-order valence-electron chi connectivity index (χ2n) is 5.20. The largest absolute Gasteiger partial charge is 0.449 e. The van der Waals surface area contributed by atoms with E-state index in [2.05, 4.69) is 13.0 Å². The third-order valence-electron chi connectivity index (χ3n) is 4.09. The lowest BCUT2D eigenvalue weighted by Gasteiger charge is -2.31. The lowest BCUT2D eigenvalue weighted by atomic mass is 9.91. The number of nitriles is 1. The van der Waals surface area contributed by atoms with Crippen LogP contribution in [0.3, 0.4) is 0 Å². The zero-order valence-electron chi connectivity index (χ0n) is 10.4. The SMILES string of the molecule is CCCCOC(=O)N1CCC2(CC1)CC2C#N. The molecule has 0 radical (unpaired) electrons. The minimum absolute atomic E-state index is 0.178. The van der Waals surface area contributed by atoms with Crippen molar-refractivity contribution in [3.8, 4) is 6.07 Å². The second-order valence-corrected chi connectivity index (χ2v) is 5.20. The molecule has 0 aromatic carbocycles. The van der Waals surface area contributed by atoms with Crippen molar-refractivity contribution in [2.45, 2.75) is 39.0 Å². The molecule has 0 N–H and O–H groups in total. The highest BCUT2D eigenvalue weighted by Crippen LogP contribution is 2.58. The molecule has 2 rings (SSSR count). The van der Waals surface area contributed by atoms with Gasteiger partial charge in [-0.15, -0.1) is 0 Å². The fourth-order valence-electron chi connectivity index (χ4n) is 2.61. The predicted molar refractivity (Wildman–Crippen MR) is 63.2 cm³/mol. The summed E-state index contributed by atoms with van der Waals surface area (Å²) in [6, 6.07) is 2.35. The van der Waals surface area contributed by atoms with E-state index in [1.165, 1.54) is 0 Å². The van der Waals surface area contributed by atoms with Crippen molar-refractivity contribution in [1.29, 1.82) is 5.26 Å². The molecule has 1 unspecified atom stereocenters.